The molecule has 0 bridgehead atoms. The van der Waals surface area contributed by atoms with E-state index in [1.807, 2.05) is 24.8 Å². The fraction of sp³-hybridized carbons (Fsp3) is 0.304. The first kappa shape index (κ1) is 20.1. The second-order valence-corrected chi connectivity index (χ2v) is 7.53. The number of aromatic nitrogens is 2. The van der Waals surface area contributed by atoms with Crippen LogP contribution in [0.5, 0.6) is 0 Å². The lowest BCUT2D eigenvalue weighted by Crippen LogP contribution is -2.41. The minimum absolute atomic E-state index is 0.169. The second-order valence-electron chi connectivity index (χ2n) is 7.14. The van der Waals surface area contributed by atoms with Gasteiger partial charge in [-0.05, 0) is 43.6 Å². The van der Waals surface area contributed by atoms with Crippen molar-refractivity contribution in [1.82, 2.24) is 19.8 Å². The topological polar surface area (TPSA) is 33.1 Å². The molecule has 146 valence electrons. The Labute approximate surface area is 173 Å². The molecule has 0 aliphatic carbocycles. The summed E-state index contributed by atoms with van der Waals surface area (Å²) >= 11 is 5.79. The van der Waals surface area contributed by atoms with E-state index < -0.39 is 0 Å². The lowest BCUT2D eigenvalue weighted by atomic mass is 10.1. The van der Waals surface area contributed by atoms with Crippen LogP contribution in [-0.4, -0.2) is 26.1 Å². The molecule has 3 aromatic rings. The molecule has 0 aliphatic heterocycles. The summed E-state index contributed by atoms with van der Waals surface area (Å²) in [4.78, 5) is 6.38. The molecule has 1 aromatic heterocycles. The highest BCUT2D eigenvalue weighted by Crippen LogP contribution is 2.14. The van der Waals surface area contributed by atoms with Crippen molar-refractivity contribution >= 4 is 17.3 Å². The van der Waals surface area contributed by atoms with Crippen LogP contribution in [0.2, 0.25) is 0 Å². The molecule has 4 nitrogen and oxygen atoms in total. The molecule has 1 N–H and O–H groups in total. The molecule has 1 unspecified atom stereocenters. The Morgan fingerprint density at radius 3 is 2.57 bits per heavy atom. The predicted octanol–water partition coefficient (Wildman–Crippen LogP) is 4.72. The number of hydrogen-bond acceptors (Lipinski definition) is 2. The molecule has 2 aromatic carbocycles. The third-order valence-electron chi connectivity index (χ3n) is 4.82. The van der Waals surface area contributed by atoms with Gasteiger partial charge < -0.3 is 14.8 Å². The Balaban J connectivity index is 1.64. The first-order chi connectivity index (χ1) is 13.6. The van der Waals surface area contributed by atoms with Gasteiger partial charge in [-0.1, -0.05) is 60.2 Å². The monoisotopic (exact) mass is 392 g/mol. The van der Waals surface area contributed by atoms with Gasteiger partial charge in [0.1, 0.15) is 0 Å². The van der Waals surface area contributed by atoms with Crippen LogP contribution < -0.4 is 5.32 Å². The number of rotatable bonds is 8. The van der Waals surface area contributed by atoms with Crippen molar-refractivity contribution in [2.75, 3.05) is 6.54 Å². The summed E-state index contributed by atoms with van der Waals surface area (Å²) in [6.07, 6.45) is 6.68. The minimum atomic E-state index is 0.169. The van der Waals surface area contributed by atoms with Gasteiger partial charge in [-0.15, -0.1) is 0 Å². The Hall–Kier alpha value is -2.66. The lowest BCUT2D eigenvalue weighted by Gasteiger charge is -2.28. The normalized spacial score (nSPS) is 11.8. The highest BCUT2D eigenvalue weighted by atomic mass is 32.1. The van der Waals surface area contributed by atoms with Gasteiger partial charge in [-0.25, -0.2) is 4.98 Å². The van der Waals surface area contributed by atoms with E-state index >= 15 is 0 Å². The number of nitrogens with zero attached hydrogens (tertiary/aromatic N) is 3. The zero-order valence-electron chi connectivity index (χ0n) is 16.6. The molecule has 1 atom stereocenters. The van der Waals surface area contributed by atoms with Gasteiger partial charge in [0.25, 0.3) is 0 Å². The maximum atomic E-state index is 5.79. The minimum Gasteiger partial charge on any atom is -0.356 e. The van der Waals surface area contributed by atoms with Crippen LogP contribution in [-0.2, 0) is 13.1 Å². The lowest BCUT2D eigenvalue weighted by molar-refractivity contribution is 0.380. The van der Waals surface area contributed by atoms with Gasteiger partial charge in [0.05, 0.1) is 12.4 Å². The fourth-order valence-electron chi connectivity index (χ4n) is 3.13. The van der Waals surface area contributed by atoms with E-state index in [2.05, 4.69) is 82.1 Å². The van der Waals surface area contributed by atoms with E-state index in [9.17, 15) is 0 Å². The summed E-state index contributed by atoms with van der Waals surface area (Å²) in [6.45, 7) is 6.88. The van der Waals surface area contributed by atoms with Crippen LogP contribution in [0.4, 0.5) is 0 Å². The van der Waals surface area contributed by atoms with E-state index in [0.29, 0.717) is 0 Å². The van der Waals surface area contributed by atoms with Gasteiger partial charge in [0.2, 0.25) is 0 Å². The third kappa shape index (κ3) is 5.92. The zero-order valence-corrected chi connectivity index (χ0v) is 17.4. The maximum Gasteiger partial charge on any atom is 0.169 e. The molecule has 0 spiro atoms. The average Bonchev–Trinajstić information content (AvgIpc) is 3.23. The van der Waals surface area contributed by atoms with Crippen molar-refractivity contribution in [3.8, 4) is 0 Å². The summed E-state index contributed by atoms with van der Waals surface area (Å²) in [5.41, 5.74) is 3.78. The Kier molecular flexibility index (Phi) is 7.20. The Morgan fingerprint density at radius 1 is 1.14 bits per heavy atom. The fourth-order valence-corrected chi connectivity index (χ4v) is 3.46. The molecule has 3 rings (SSSR count). The largest absolute Gasteiger partial charge is 0.356 e. The molecule has 0 radical (unpaired) electrons. The molecule has 0 fully saturated rings. The van der Waals surface area contributed by atoms with Crippen LogP contribution in [0.15, 0.2) is 73.3 Å². The van der Waals surface area contributed by atoms with Crippen molar-refractivity contribution in [2.45, 2.75) is 39.4 Å². The first-order valence-electron chi connectivity index (χ1n) is 9.73. The third-order valence-corrected chi connectivity index (χ3v) is 5.20. The van der Waals surface area contributed by atoms with Crippen molar-refractivity contribution in [2.24, 2.45) is 0 Å². The quantitative estimate of drug-likeness (QED) is 0.562. The highest BCUT2D eigenvalue weighted by molar-refractivity contribution is 7.80. The molecular formula is C23H28N4S. The molecule has 0 saturated carbocycles. The van der Waals surface area contributed by atoms with Gasteiger partial charge in [0.15, 0.2) is 5.11 Å². The van der Waals surface area contributed by atoms with E-state index in [4.69, 9.17) is 12.2 Å². The number of thiocarbonyl (C=S) groups is 1. The summed E-state index contributed by atoms with van der Waals surface area (Å²) in [5.74, 6) is 0. The number of hydrogen-bond donors (Lipinski definition) is 1. The van der Waals surface area contributed by atoms with E-state index in [0.717, 1.165) is 31.2 Å². The summed E-state index contributed by atoms with van der Waals surface area (Å²) in [6, 6.07) is 19.3. The van der Waals surface area contributed by atoms with Crippen molar-refractivity contribution < 1.29 is 0 Å². The molecule has 0 aliphatic rings. The standard InChI is InChI=1S/C23H28N4S/c1-19-9-11-21(12-10-19)17-27(15-6-14-26-16-13-24-18-26)23(28)25-20(2)22-7-4-3-5-8-22/h3-5,7-13,16,18,20H,6,14-15,17H2,1-2H3,(H,25,28). The van der Waals surface area contributed by atoms with Crippen LogP contribution in [0.25, 0.3) is 0 Å². The van der Waals surface area contributed by atoms with Crippen molar-refractivity contribution in [3.63, 3.8) is 0 Å². The highest BCUT2D eigenvalue weighted by Gasteiger charge is 2.14. The van der Waals surface area contributed by atoms with E-state index in [-0.39, 0.29) is 6.04 Å². The molecular weight excluding hydrogens is 364 g/mol. The Morgan fingerprint density at radius 2 is 1.89 bits per heavy atom. The van der Waals surface area contributed by atoms with Crippen molar-refractivity contribution in [3.05, 3.63) is 90.0 Å². The Bertz CT molecular complexity index is 844. The smallest absolute Gasteiger partial charge is 0.169 e. The van der Waals surface area contributed by atoms with E-state index in [1.54, 1.807) is 0 Å². The zero-order chi connectivity index (χ0) is 19.8. The number of benzene rings is 2. The number of nitrogens with one attached hydrogen (secondary N) is 1. The first-order valence-corrected chi connectivity index (χ1v) is 10.1. The summed E-state index contributed by atoms with van der Waals surface area (Å²) < 4.78 is 2.10. The number of aryl methyl sites for hydroxylation is 2. The second kappa shape index (κ2) is 10.0. The molecule has 5 heteroatoms. The van der Waals surface area contributed by atoms with Gasteiger partial charge in [-0.2, -0.15) is 0 Å². The number of imidazole rings is 1. The van der Waals surface area contributed by atoms with E-state index in [1.165, 1.54) is 16.7 Å². The van der Waals surface area contributed by atoms with Crippen LogP contribution >= 0.6 is 12.2 Å². The SMILES string of the molecule is Cc1ccc(CN(CCCn2ccnc2)C(=S)NC(C)c2ccccc2)cc1. The summed E-state index contributed by atoms with van der Waals surface area (Å²) in [5, 5.41) is 4.30. The van der Waals surface area contributed by atoms with Crippen LogP contribution in [0.3, 0.4) is 0 Å². The molecule has 0 saturated heterocycles. The van der Waals surface area contributed by atoms with Crippen molar-refractivity contribution in [1.29, 1.82) is 0 Å². The van der Waals surface area contributed by atoms with Gasteiger partial charge >= 0.3 is 0 Å². The van der Waals surface area contributed by atoms with Gasteiger partial charge in [-0.3, -0.25) is 0 Å². The van der Waals surface area contributed by atoms with Crippen LogP contribution in [0, 0.1) is 6.92 Å². The molecule has 1 heterocycles. The van der Waals surface area contributed by atoms with Crippen LogP contribution in [0.1, 0.15) is 36.1 Å². The summed E-state index contributed by atoms with van der Waals surface area (Å²) in [7, 11) is 0. The molecule has 28 heavy (non-hydrogen) atoms. The molecule has 0 amide bonds. The maximum absolute atomic E-state index is 5.79. The van der Waals surface area contributed by atoms with Gasteiger partial charge in [0, 0.05) is 32.0 Å². The average molecular weight is 393 g/mol. The predicted molar refractivity (Wildman–Crippen MR) is 119 cm³/mol.